The molecule has 1 saturated heterocycles. The Labute approximate surface area is 131 Å². The lowest BCUT2D eigenvalue weighted by Crippen LogP contribution is -2.26. The first-order valence-electron chi connectivity index (χ1n) is 8.02. The van der Waals surface area contributed by atoms with Crippen LogP contribution in [0.2, 0.25) is 0 Å². The van der Waals surface area contributed by atoms with Crippen LogP contribution in [0, 0.1) is 0 Å². The molecule has 0 radical (unpaired) electrons. The van der Waals surface area contributed by atoms with Crippen LogP contribution in [0.5, 0.6) is 0 Å². The average Bonchev–Trinajstić information content (AvgIpc) is 3.15. The molecule has 0 spiro atoms. The molecule has 3 aromatic rings. The largest absolute Gasteiger partial charge is 0.315 e. The van der Waals surface area contributed by atoms with Gasteiger partial charge in [-0.3, -0.25) is 4.98 Å². The van der Waals surface area contributed by atoms with Gasteiger partial charge in [-0.05, 0) is 68.1 Å². The Morgan fingerprint density at radius 2 is 2.18 bits per heavy atom. The van der Waals surface area contributed by atoms with Crippen molar-refractivity contribution in [2.24, 2.45) is 0 Å². The molecule has 4 rings (SSSR count). The van der Waals surface area contributed by atoms with Crippen LogP contribution in [0.4, 0.5) is 0 Å². The molecule has 3 nitrogen and oxygen atoms in total. The molecule has 1 aliphatic rings. The van der Waals surface area contributed by atoms with Crippen molar-refractivity contribution >= 4 is 10.9 Å². The highest BCUT2D eigenvalue weighted by molar-refractivity contribution is 5.82. The van der Waals surface area contributed by atoms with Gasteiger partial charge in [0.2, 0.25) is 0 Å². The summed E-state index contributed by atoms with van der Waals surface area (Å²) in [5, 5.41) is 1.28. The number of likely N-dealkylation sites (N-methyl/N-ethyl adjacent to an activating group) is 1. The average molecular weight is 291 g/mol. The second-order valence-corrected chi connectivity index (χ2v) is 6.27. The second-order valence-electron chi connectivity index (χ2n) is 6.27. The highest BCUT2D eigenvalue weighted by Crippen LogP contribution is 2.24. The van der Waals surface area contributed by atoms with Crippen LogP contribution in [0.1, 0.15) is 18.4 Å². The van der Waals surface area contributed by atoms with E-state index in [0.29, 0.717) is 6.04 Å². The number of rotatable bonds is 3. The third kappa shape index (κ3) is 2.42. The summed E-state index contributed by atoms with van der Waals surface area (Å²) in [5.41, 5.74) is 3.81. The van der Waals surface area contributed by atoms with Gasteiger partial charge in [0.05, 0.1) is 17.4 Å². The Morgan fingerprint density at radius 1 is 1.23 bits per heavy atom. The third-order valence-electron chi connectivity index (χ3n) is 4.82. The fourth-order valence-electron chi connectivity index (χ4n) is 3.53. The summed E-state index contributed by atoms with van der Waals surface area (Å²) in [6.45, 7) is 1.24. The Bertz CT molecular complexity index is 776. The lowest BCUT2D eigenvalue weighted by atomic mass is 10.0. The van der Waals surface area contributed by atoms with Crippen LogP contribution in [0.3, 0.4) is 0 Å². The van der Waals surface area contributed by atoms with Gasteiger partial charge in [0.15, 0.2) is 0 Å². The van der Waals surface area contributed by atoms with Gasteiger partial charge < -0.3 is 9.47 Å². The highest BCUT2D eigenvalue weighted by atomic mass is 15.1. The maximum atomic E-state index is 4.24. The van der Waals surface area contributed by atoms with E-state index < -0.39 is 0 Å². The normalized spacial score (nSPS) is 19.0. The second kappa shape index (κ2) is 5.58. The molecule has 1 aliphatic heterocycles. The fraction of sp³-hybridized carbons (Fsp3) is 0.316. The van der Waals surface area contributed by atoms with Gasteiger partial charge in [-0.1, -0.05) is 12.1 Å². The smallest absolute Gasteiger partial charge is 0.0639 e. The topological polar surface area (TPSA) is 21.1 Å². The Hall–Kier alpha value is -2.13. The highest BCUT2D eigenvalue weighted by Gasteiger charge is 2.21. The summed E-state index contributed by atoms with van der Waals surface area (Å²) >= 11 is 0. The van der Waals surface area contributed by atoms with E-state index in [1.54, 1.807) is 0 Å². The van der Waals surface area contributed by atoms with Crippen LogP contribution >= 0.6 is 0 Å². The first kappa shape index (κ1) is 13.5. The molecular formula is C19H21N3. The molecule has 0 unspecified atom stereocenters. The lowest BCUT2D eigenvalue weighted by Gasteiger charge is -2.19. The molecule has 22 heavy (non-hydrogen) atoms. The summed E-state index contributed by atoms with van der Waals surface area (Å²) in [6, 6.07) is 13.8. The Kier molecular flexibility index (Phi) is 3.43. The van der Waals surface area contributed by atoms with Gasteiger partial charge in [-0.15, -0.1) is 0 Å². The third-order valence-corrected chi connectivity index (χ3v) is 4.82. The van der Waals surface area contributed by atoms with E-state index in [1.807, 2.05) is 18.5 Å². The number of likely N-dealkylation sites (tertiary alicyclic amines) is 1. The van der Waals surface area contributed by atoms with Crippen molar-refractivity contribution in [3.63, 3.8) is 0 Å². The van der Waals surface area contributed by atoms with E-state index >= 15 is 0 Å². The number of benzene rings is 1. The standard InChI is InChI=1S/C19H21N3/c1-21-10-3-5-17(21)12-15-6-7-16-8-11-22(19(16)13-15)18-4-2-9-20-14-18/h2,4,6-9,11,13-14,17H,3,5,10,12H2,1H3/t17-/m0/s1. The van der Waals surface area contributed by atoms with Crippen molar-refractivity contribution in [2.75, 3.05) is 13.6 Å². The van der Waals surface area contributed by atoms with Gasteiger partial charge in [-0.25, -0.2) is 0 Å². The van der Waals surface area contributed by atoms with Gasteiger partial charge in [0.25, 0.3) is 0 Å². The summed E-state index contributed by atoms with van der Waals surface area (Å²) in [7, 11) is 2.24. The molecule has 1 atom stereocenters. The zero-order valence-electron chi connectivity index (χ0n) is 12.9. The van der Waals surface area contributed by atoms with E-state index in [-0.39, 0.29) is 0 Å². The molecule has 0 aliphatic carbocycles. The Balaban J connectivity index is 1.70. The van der Waals surface area contributed by atoms with E-state index in [1.165, 1.54) is 35.9 Å². The van der Waals surface area contributed by atoms with Crippen molar-refractivity contribution < 1.29 is 0 Å². The summed E-state index contributed by atoms with van der Waals surface area (Å²) in [4.78, 5) is 6.73. The molecule has 3 heterocycles. The number of aromatic nitrogens is 2. The molecular weight excluding hydrogens is 270 g/mol. The van der Waals surface area contributed by atoms with E-state index in [9.17, 15) is 0 Å². The first-order valence-corrected chi connectivity index (χ1v) is 8.02. The molecule has 2 aromatic heterocycles. The van der Waals surface area contributed by atoms with Crippen molar-refractivity contribution in [3.8, 4) is 5.69 Å². The first-order chi connectivity index (χ1) is 10.8. The zero-order chi connectivity index (χ0) is 14.9. The van der Waals surface area contributed by atoms with Gasteiger partial charge in [0, 0.05) is 18.4 Å². The maximum Gasteiger partial charge on any atom is 0.0639 e. The summed E-state index contributed by atoms with van der Waals surface area (Å²) in [5.74, 6) is 0. The molecule has 0 amide bonds. The number of fused-ring (bicyclic) bond motifs is 1. The summed E-state index contributed by atoms with van der Waals surface area (Å²) in [6.07, 6.45) is 9.65. The quantitative estimate of drug-likeness (QED) is 0.734. The van der Waals surface area contributed by atoms with Gasteiger partial charge in [0.1, 0.15) is 0 Å². The summed E-state index contributed by atoms with van der Waals surface area (Å²) < 4.78 is 2.23. The van der Waals surface area contributed by atoms with Gasteiger partial charge in [-0.2, -0.15) is 0 Å². The minimum Gasteiger partial charge on any atom is -0.315 e. The Morgan fingerprint density at radius 3 is 2.95 bits per heavy atom. The lowest BCUT2D eigenvalue weighted by molar-refractivity contribution is 0.309. The molecule has 0 saturated carbocycles. The van der Waals surface area contributed by atoms with Crippen molar-refractivity contribution in [1.82, 2.24) is 14.5 Å². The predicted octanol–water partition coefficient (Wildman–Crippen LogP) is 3.66. The predicted molar refractivity (Wildman–Crippen MR) is 90.4 cm³/mol. The molecule has 1 aromatic carbocycles. The monoisotopic (exact) mass is 291 g/mol. The molecule has 1 fully saturated rings. The SMILES string of the molecule is CN1CCC[C@H]1Cc1ccc2ccn(-c3cccnc3)c2c1. The van der Waals surface area contributed by atoms with Crippen LogP contribution in [-0.4, -0.2) is 34.1 Å². The van der Waals surface area contributed by atoms with Crippen molar-refractivity contribution in [1.29, 1.82) is 0 Å². The number of pyridine rings is 1. The number of nitrogens with zero attached hydrogens (tertiary/aromatic N) is 3. The zero-order valence-corrected chi connectivity index (χ0v) is 12.9. The maximum absolute atomic E-state index is 4.24. The van der Waals surface area contributed by atoms with Crippen molar-refractivity contribution in [2.45, 2.75) is 25.3 Å². The van der Waals surface area contributed by atoms with Crippen LogP contribution in [0.15, 0.2) is 55.0 Å². The van der Waals surface area contributed by atoms with Gasteiger partial charge >= 0.3 is 0 Å². The molecule has 112 valence electrons. The minimum absolute atomic E-state index is 0.694. The number of hydrogen-bond acceptors (Lipinski definition) is 2. The van der Waals surface area contributed by atoms with E-state index in [4.69, 9.17) is 0 Å². The minimum atomic E-state index is 0.694. The van der Waals surface area contributed by atoms with Crippen LogP contribution < -0.4 is 0 Å². The van der Waals surface area contributed by atoms with E-state index in [0.717, 1.165) is 12.1 Å². The molecule has 3 heteroatoms. The van der Waals surface area contributed by atoms with Crippen LogP contribution in [-0.2, 0) is 6.42 Å². The van der Waals surface area contributed by atoms with E-state index in [2.05, 4.69) is 58.0 Å². The van der Waals surface area contributed by atoms with Crippen LogP contribution in [0.25, 0.3) is 16.6 Å². The number of hydrogen-bond donors (Lipinski definition) is 0. The fourth-order valence-corrected chi connectivity index (χ4v) is 3.53. The van der Waals surface area contributed by atoms with Crippen molar-refractivity contribution in [3.05, 3.63) is 60.6 Å². The molecule has 0 bridgehead atoms. The molecule has 0 N–H and O–H groups in total.